The van der Waals surface area contributed by atoms with Gasteiger partial charge in [-0.2, -0.15) is 5.10 Å². The van der Waals surface area contributed by atoms with Crippen molar-refractivity contribution in [2.45, 2.75) is 38.8 Å². The predicted molar refractivity (Wildman–Crippen MR) is 62.8 cm³/mol. The van der Waals surface area contributed by atoms with Gasteiger partial charge in [0.25, 0.3) is 0 Å². The Kier molecular flexibility index (Phi) is 5.23. The standard InChI is InChI=1S/C9H19N5O3/c1-9(2,3)17-8(16)13-5(4-6(10)15)7(11)14-12/h5H,4,12H2,1-3H3,(H2,10,15)(H2,11,14)(H,13,16). The van der Waals surface area contributed by atoms with Crippen molar-refractivity contribution in [2.24, 2.45) is 22.4 Å². The van der Waals surface area contributed by atoms with E-state index in [4.69, 9.17) is 22.0 Å². The first-order valence-electron chi connectivity index (χ1n) is 4.96. The highest BCUT2D eigenvalue weighted by atomic mass is 16.6. The van der Waals surface area contributed by atoms with Crippen LogP contribution in [-0.4, -0.2) is 29.5 Å². The lowest BCUT2D eigenvalue weighted by atomic mass is 10.2. The maximum atomic E-state index is 11.4. The summed E-state index contributed by atoms with van der Waals surface area (Å²) in [5, 5.41) is 5.57. The lowest BCUT2D eigenvalue weighted by molar-refractivity contribution is -0.118. The summed E-state index contributed by atoms with van der Waals surface area (Å²) in [6.07, 6.45) is -0.929. The Morgan fingerprint density at radius 2 is 1.88 bits per heavy atom. The number of hydrazone groups is 1. The highest BCUT2D eigenvalue weighted by Gasteiger charge is 2.22. The molecule has 98 valence electrons. The molecule has 0 aromatic rings. The highest BCUT2D eigenvalue weighted by molar-refractivity contribution is 5.92. The van der Waals surface area contributed by atoms with Crippen molar-refractivity contribution < 1.29 is 14.3 Å². The van der Waals surface area contributed by atoms with Gasteiger partial charge in [-0.05, 0) is 20.8 Å². The summed E-state index contributed by atoms with van der Waals surface area (Å²) in [5.74, 6) is 4.23. The number of amides is 2. The van der Waals surface area contributed by atoms with Crippen LogP contribution in [0.25, 0.3) is 0 Å². The second kappa shape index (κ2) is 5.92. The van der Waals surface area contributed by atoms with Crippen LogP contribution in [-0.2, 0) is 9.53 Å². The SMILES string of the molecule is CC(C)(C)OC(=O)NC(CC(N)=O)/C(N)=N/N. The number of hydrogen-bond donors (Lipinski definition) is 4. The number of nitrogens with zero attached hydrogens (tertiary/aromatic N) is 1. The molecule has 17 heavy (non-hydrogen) atoms. The van der Waals surface area contributed by atoms with Crippen molar-refractivity contribution >= 4 is 17.8 Å². The third kappa shape index (κ3) is 6.98. The number of nitrogens with two attached hydrogens (primary N) is 3. The Morgan fingerprint density at radius 1 is 1.35 bits per heavy atom. The van der Waals surface area contributed by atoms with Crippen LogP contribution in [0.15, 0.2) is 5.10 Å². The number of amidine groups is 1. The van der Waals surface area contributed by atoms with Gasteiger partial charge >= 0.3 is 6.09 Å². The lowest BCUT2D eigenvalue weighted by Gasteiger charge is -2.22. The van der Waals surface area contributed by atoms with E-state index in [2.05, 4.69) is 10.4 Å². The second-order valence-corrected chi connectivity index (χ2v) is 4.42. The van der Waals surface area contributed by atoms with Gasteiger partial charge in [-0.15, -0.1) is 0 Å². The van der Waals surface area contributed by atoms with E-state index in [-0.39, 0.29) is 12.3 Å². The van der Waals surface area contributed by atoms with E-state index in [0.29, 0.717) is 0 Å². The van der Waals surface area contributed by atoms with Crippen LogP contribution in [0.2, 0.25) is 0 Å². The summed E-state index contributed by atoms with van der Waals surface area (Å²) in [6, 6.07) is -0.868. The summed E-state index contributed by atoms with van der Waals surface area (Å²) in [4.78, 5) is 22.2. The normalized spacial score (nSPS) is 13.9. The van der Waals surface area contributed by atoms with Crippen LogP contribution in [0.4, 0.5) is 4.79 Å². The number of carbonyl (C=O) groups excluding carboxylic acids is 2. The van der Waals surface area contributed by atoms with Crippen molar-refractivity contribution in [3.05, 3.63) is 0 Å². The van der Waals surface area contributed by atoms with E-state index in [9.17, 15) is 9.59 Å². The van der Waals surface area contributed by atoms with Crippen LogP contribution in [0.3, 0.4) is 0 Å². The summed E-state index contributed by atoms with van der Waals surface area (Å²) in [5.41, 5.74) is 9.77. The van der Waals surface area contributed by atoms with Gasteiger partial charge in [-0.1, -0.05) is 0 Å². The Labute approximate surface area is 99.5 Å². The molecule has 0 bridgehead atoms. The first kappa shape index (κ1) is 15.0. The van der Waals surface area contributed by atoms with Crippen LogP contribution < -0.4 is 22.6 Å². The fourth-order valence-electron chi connectivity index (χ4n) is 0.971. The van der Waals surface area contributed by atoms with E-state index in [1.807, 2.05) is 0 Å². The Bertz CT molecular complexity index is 321. The number of nitrogens with one attached hydrogen (secondary N) is 1. The highest BCUT2D eigenvalue weighted by Crippen LogP contribution is 2.07. The number of ether oxygens (including phenoxy) is 1. The monoisotopic (exact) mass is 245 g/mol. The third-order valence-electron chi connectivity index (χ3n) is 1.60. The zero-order valence-electron chi connectivity index (χ0n) is 10.2. The molecule has 0 saturated carbocycles. The maximum absolute atomic E-state index is 11.4. The van der Waals surface area contributed by atoms with Gasteiger partial charge < -0.3 is 27.4 Å². The molecule has 1 atom stereocenters. The number of alkyl carbamates (subject to hydrolysis) is 1. The number of primary amides is 1. The van der Waals surface area contributed by atoms with Crippen molar-refractivity contribution in [3.63, 3.8) is 0 Å². The minimum atomic E-state index is -0.868. The molecule has 0 aromatic carbocycles. The molecule has 0 spiro atoms. The van der Waals surface area contributed by atoms with Crippen molar-refractivity contribution in [2.75, 3.05) is 0 Å². The zero-order chi connectivity index (χ0) is 13.6. The molecule has 2 amide bonds. The average molecular weight is 245 g/mol. The van der Waals surface area contributed by atoms with Crippen LogP contribution >= 0.6 is 0 Å². The number of carbonyl (C=O) groups is 2. The molecule has 0 aliphatic rings. The molecule has 0 heterocycles. The van der Waals surface area contributed by atoms with Crippen molar-refractivity contribution in [1.82, 2.24) is 5.32 Å². The Morgan fingerprint density at radius 3 is 2.24 bits per heavy atom. The predicted octanol–water partition coefficient (Wildman–Crippen LogP) is -1.01. The minimum Gasteiger partial charge on any atom is -0.444 e. The molecule has 1 unspecified atom stereocenters. The molecule has 0 radical (unpaired) electrons. The fourth-order valence-corrected chi connectivity index (χ4v) is 0.971. The molecule has 0 aromatic heterocycles. The second-order valence-electron chi connectivity index (χ2n) is 4.42. The van der Waals surface area contributed by atoms with Crippen LogP contribution in [0, 0.1) is 0 Å². The molecule has 0 aliphatic carbocycles. The first-order chi connectivity index (χ1) is 7.65. The van der Waals surface area contributed by atoms with E-state index < -0.39 is 23.6 Å². The first-order valence-corrected chi connectivity index (χ1v) is 4.96. The quantitative estimate of drug-likeness (QED) is 0.217. The zero-order valence-corrected chi connectivity index (χ0v) is 10.2. The number of rotatable bonds is 4. The summed E-state index contributed by atoms with van der Waals surface area (Å²) < 4.78 is 4.99. The Balaban J connectivity index is 4.54. The smallest absolute Gasteiger partial charge is 0.408 e. The molecule has 8 nitrogen and oxygen atoms in total. The van der Waals surface area contributed by atoms with Gasteiger partial charge in [0.2, 0.25) is 5.91 Å². The fraction of sp³-hybridized carbons (Fsp3) is 0.667. The molecular formula is C9H19N5O3. The maximum Gasteiger partial charge on any atom is 0.408 e. The van der Waals surface area contributed by atoms with Crippen molar-refractivity contribution in [1.29, 1.82) is 0 Å². The summed E-state index contributed by atoms with van der Waals surface area (Å²) in [6.45, 7) is 5.11. The molecule has 0 fully saturated rings. The van der Waals surface area contributed by atoms with Crippen molar-refractivity contribution in [3.8, 4) is 0 Å². The molecular weight excluding hydrogens is 226 g/mol. The lowest BCUT2D eigenvalue weighted by Crippen LogP contribution is -2.48. The molecule has 0 rings (SSSR count). The van der Waals surface area contributed by atoms with E-state index in [1.165, 1.54) is 0 Å². The van der Waals surface area contributed by atoms with Gasteiger partial charge in [-0.25, -0.2) is 4.79 Å². The molecule has 8 heteroatoms. The average Bonchev–Trinajstić information content (AvgIpc) is 2.11. The van der Waals surface area contributed by atoms with Gasteiger partial charge in [0.1, 0.15) is 17.5 Å². The largest absolute Gasteiger partial charge is 0.444 e. The summed E-state index contributed by atoms with van der Waals surface area (Å²) >= 11 is 0. The number of hydrogen-bond acceptors (Lipinski definition) is 5. The van der Waals surface area contributed by atoms with Gasteiger partial charge in [0.15, 0.2) is 0 Å². The molecule has 0 aliphatic heterocycles. The molecule has 0 saturated heterocycles. The van der Waals surface area contributed by atoms with Gasteiger partial charge in [0.05, 0.1) is 6.42 Å². The van der Waals surface area contributed by atoms with Crippen LogP contribution in [0.1, 0.15) is 27.2 Å². The van der Waals surface area contributed by atoms with Crippen LogP contribution in [0.5, 0.6) is 0 Å². The Hall–Kier alpha value is -1.99. The summed E-state index contributed by atoms with van der Waals surface area (Å²) in [7, 11) is 0. The van der Waals surface area contributed by atoms with E-state index in [1.54, 1.807) is 20.8 Å². The van der Waals surface area contributed by atoms with Gasteiger partial charge in [0, 0.05) is 0 Å². The third-order valence-corrected chi connectivity index (χ3v) is 1.60. The van der Waals surface area contributed by atoms with E-state index in [0.717, 1.165) is 0 Å². The minimum absolute atomic E-state index is 0.102. The van der Waals surface area contributed by atoms with E-state index >= 15 is 0 Å². The molecule has 7 N–H and O–H groups in total. The van der Waals surface area contributed by atoms with Gasteiger partial charge in [-0.3, -0.25) is 4.79 Å². The topological polar surface area (TPSA) is 146 Å².